The lowest BCUT2D eigenvalue weighted by Gasteiger charge is -2.58. The molecule has 1 aliphatic heterocycles. The average Bonchev–Trinajstić information content (AvgIpc) is 3.06. The summed E-state index contributed by atoms with van der Waals surface area (Å²) in [6.45, 7) is 9.23. The van der Waals surface area contributed by atoms with Crippen molar-refractivity contribution >= 4 is 17.5 Å². The van der Waals surface area contributed by atoms with Crippen LogP contribution in [0.5, 0.6) is 11.5 Å². The molecule has 2 aromatic rings. The van der Waals surface area contributed by atoms with E-state index >= 15 is 0 Å². The summed E-state index contributed by atoms with van der Waals surface area (Å²) in [4.78, 5) is 10.1. The number of fused-ring (bicyclic) bond motifs is 2. The molecule has 46 heavy (non-hydrogen) atoms. The van der Waals surface area contributed by atoms with Gasteiger partial charge in [0.2, 0.25) is 5.79 Å². The second-order valence-electron chi connectivity index (χ2n) is 12.4. The van der Waals surface area contributed by atoms with Gasteiger partial charge >= 0.3 is 0 Å². The molecule has 0 amide bonds. The second-order valence-corrected chi connectivity index (χ2v) is 13.9. The molecule has 6 atom stereocenters. The number of nitrogens with zero attached hydrogens (tertiary/aromatic N) is 2. The molecule has 1 fully saturated rings. The first kappa shape index (κ1) is 34.5. The zero-order chi connectivity index (χ0) is 32.5. The monoisotopic (exact) mass is 650 g/mol. The van der Waals surface area contributed by atoms with E-state index in [1.54, 1.807) is 13.2 Å². The van der Waals surface area contributed by atoms with Gasteiger partial charge in [-0.05, 0) is 86.1 Å². The molecule has 2 N–H and O–H groups in total. The molecule has 2 heterocycles. The number of aryl methyl sites for hydroxylation is 1. The van der Waals surface area contributed by atoms with E-state index in [1.807, 2.05) is 49.0 Å². The molecular formula is C37H50N2O6S. The maximum atomic E-state index is 9.75. The Balaban J connectivity index is 1.66. The van der Waals surface area contributed by atoms with Gasteiger partial charge in [0.15, 0.2) is 0 Å². The first-order chi connectivity index (χ1) is 22.5. The summed E-state index contributed by atoms with van der Waals surface area (Å²) < 4.78 is 20.3. The number of rotatable bonds is 17. The zero-order valence-electron chi connectivity index (χ0n) is 27.5. The Hall–Kier alpha value is -2.85. The van der Waals surface area contributed by atoms with Crippen molar-refractivity contribution in [2.24, 2.45) is 22.9 Å². The highest BCUT2D eigenvalue weighted by Gasteiger charge is 2.63. The molecule has 8 nitrogen and oxygen atoms in total. The van der Waals surface area contributed by atoms with Gasteiger partial charge in [-0.2, -0.15) is 11.8 Å². The standard InChI is InChI=1S/C37H50N2O6S/c1-5-20-44-37-34(46-6-2)23-32(39-42-4)30-21-26(13-7-9-18-40)29(15-8-10-19-41)35(36(30)37)31-22-28(16-17-33(31)45-37)43-24-27-14-11-12-25(3)38-27/h5,11-12,14,16-17,21-22,26,29,34-36,40-41H,1,6-10,13,15,18-20,23-24H2,2-4H3. The van der Waals surface area contributed by atoms with Gasteiger partial charge in [0.1, 0.15) is 25.2 Å². The van der Waals surface area contributed by atoms with E-state index in [-0.39, 0.29) is 42.1 Å². The molecule has 0 saturated heterocycles. The molecule has 3 aliphatic rings. The van der Waals surface area contributed by atoms with Crippen LogP contribution in [0, 0.1) is 24.7 Å². The molecule has 0 radical (unpaired) electrons. The number of hydrogen-bond acceptors (Lipinski definition) is 9. The average molecular weight is 651 g/mol. The SMILES string of the molecule is C=CCOC12Oc3ccc(OCc4cccc(C)n4)cc3C3C(CCCCO)C(CCCCO)C=C(C(=NOC)CC1SCC)C32. The Morgan fingerprint density at radius 1 is 1.13 bits per heavy atom. The van der Waals surface area contributed by atoms with Gasteiger partial charge in [0.05, 0.1) is 29.2 Å². The minimum atomic E-state index is -0.926. The van der Waals surface area contributed by atoms with E-state index in [0.29, 0.717) is 19.6 Å². The molecule has 0 spiro atoms. The largest absolute Gasteiger partial charge is 0.487 e. The number of benzene rings is 1. The smallest absolute Gasteiger partial charge is 0.230 e. The van der Waals surface area contributed by atoms with Gasteiger partial charge < -0.3 is 29.3 Å². The van der Waals surface area contributed by atoms with Crippen LogP contribution in [0.2, 0.25) is 0 Å². The Morgan fingerprint density at radius 3 is 2.65 bits per heavy atom. The number of aliphatic hydroxyl groups excluding tert-OH is 2. The number of aliphatic hydroxyl groups is 2. The molecule has 0 bridgehead atoms. The Morgan fingerprint density at radius 2 is 1.93 bits per heavy atom. The molecule has 9 heteroatoms. The van der Waals surface area contributed by atoms with Gasteiger partial charge in [-0.1, -0.05) is 43.1 Å². The molecule has 1 aromatic heterocycles. The predicted molar refractivity (Wildman–Crippen MR) is 183 cm³/mol. The number of ether oxygens (including phenoxy) is 3. The highest BCUT2D eigenvalue weighted by Crippen LogP contribution is 2.62. The summed E-state index contributed by atoms with van der Waals surface area (Å²) in [5, 5.41) is 24.0. The van der Waals surface area contributed by atoms with Gasteiger partial charge in [0, 0.05) is 36.8 Å². The highest BCUT2D eigenvalue weighted by molar-refractivity contribution is 8.00. The zero-order valence-corrected chi connectivity index (χ0v) is 28.3. The summed E-state index contributed by atoms with van der Waals surface area (Å²) in [6.07, 6.45) is 10.2. The lowest BCUT2D eigenvalue weighted by molar-refractivity contribution is -0.223. The predicted octanol–water partition coefficient (Wildman–Crippen LogP) is 6.99. The summed E-state index contributed by atoms with van der Waals surface area (Å²) in [5.41, 5.74) is 5.04. The fraction of sp³-hybridized carbons (Fsp3) is 0.568. The van der Waals surface area contributed by atoms with Crippen LogP contribution in [-0.4, -0.2) is 64.6 Å². The van der Waals surface area contributed by atoms with Crippen LogP contribution < -0.4 is 9.47 Å². The van der Waals surface area contributed by atoms with Crippen LogP contribution >= 0.6 is 11.8 Å². The number of thioether (sulfide) groups is 1. The van der Waals surface area contributed by atoms with Gasteiger partial charge in [-0.3, -0.25) is 4.98 Å². The van der Waals surface area contributed by atoms with Crippen LogP contribution in [-0.2, 0) is 16.2 Å². The topological polar surface area (TPSA) is 103 Å². The molecular weight excluding hydrogens is 600 g/mol. The fourth-order valence-corrected chi connectivity index (χ4v) is 8.89. The summed E-state index contributed by atoms with van der Waals surface area (Å²) in [6, 6.07) is 12.1. The lowest BCUT2D eigenvalue weighted by Crippen LogP contribution is -2.64. The number of hydrogen-bond donors (Lipinski definition) is 2. The minimum absolute atomic E-state index is 0.0171. The third-order valence-corrected chi connectivity index (χ3v) is 10.8. The van der Waals surface area contributed by atoms with Crippen molar-refractivity contribution in [3.63, 3.8) is 0 Å². The van der Waals surface area contributed by atoms with Crippen molar-refractivity contribution in [1.82, 2.24) is 4.98 Å². The molecule has 6 unspecified atom stereocenters. The minimum Gasteiger partial charge on any atom is -0.487 e. The van der Waals surface area contributed by atoms with Crippen LogP contribution in [0.3, 0.4) is 0 Å². The Kier molecular flexibility index (Phi) is 12.2. The Bertz CT molecular complexity index is 1380. The number of aromatic nitrogens is 1. The van der Waals surface area contributed by atoms with E-state index < -0.39 is 5.79 Å². The molecule has 1 aromatic carbocycles. The maximum absolute atomic E-state index is 9.75. The van der Waals surface area contributed by atoms with Gasteiger partial charge in [-0.15, -0.1) is 6.58 Å². The Labute approximate surface area is 278 Å². The first-order valence-electron chi connectivity index (χ1n) is 16.8. The highest BCUT2D eigenvalue weighted by atomic mass is 32.2. The van der Waals surface area contributed by atoms with Crippen molar-refractivity contribution in [3.05, 3.63) is 77.7 Å². The van der Waals surface area contributed by atoms with Crippen LogP contribution in [0.4, 0.5) is 0 Å². The summed E-state index contributed by atoms with van der Waals surface area (Å²) >= 11 is 1.84. The van der Waals surface area contributed by atoms with Crippen molar-refractivity contribution < 1.29 is 29.3 Å². The van der Waals surface area contributed by atoms with E-state index in [0.717, 1.165) is 84.0 Å². The molecule has 250 valence electrons. The summed E-state index contributed by atoms with van der Waals surface area (Å²) in [7, 11) is 1.61. The third-order valence-electron chi connectivity index (χ3n) is 9.52. The molecule has 2 aliphatic carbocycles. The normalized spacial score (nSPS) is 27.3. The van der Waals surface area contributed by atoms with E-state index in [9.17, 15) is 10.2 Å². The quantitative estimate of drug-likeness (QED) is 0.107. The van der Waals surface area contributed by atoms with Gasteiger partial charge in [-0.25, -0.2) is 0 Å². The molecule has 1 saturated carbocycles. The van der Waals surface area contributed by atoms with Crippen molar-refractivity contribution in [2.45, 2.75) is 82.4 Å². The number of pyridine rings is 1. The number of unbranched alkanes of at least 4 members (excludes halogenated alkanes) is 2. The maximum Gasteiger partial charge on any atom is 0.230 e. The van der Waals surface area contributed by atoms with Crippen LogP contribution in [0.1, 0.15) is 74.7 Å². The van der Waals surface area contributed by atoms with E-state index in [2.05, 4.69) is 35.8 Å². The van der Waals surface area contributed by atoms with Crippen molar-refractivity contribution in [2.75, 3.05) is 32.7 Å². The van der Waals surface area contributed by atoms with Crippen LogP contribution in [0.25, 0.3) is 0 Å². The number of oxime groups is 1. The first-order valence-corrected chi connectivity index (χ1v) is 17.8. The fourth-order valence-electron chi connectivity index (χ4n) is 7.71. The van der Waals surface area contributed by atoms with Gasteiger partial charge in [0.25, 0.3) is 0 Å². The summed E-state index contributed by atoms with van der Waals surface area (Å²) in [5.74, 6) is 2.00. The van der Waals surface area contributed by atoms with Crippen molar-refractivity contribution in [3.8, 4) is 11.5 Å². The lowest BCUT2D eigenvalue weighted by atomic mass is 9.56. The third kappa shape index (κ3) is 7.33. The second kappa shape index (κ2) is 16.3. The van der Waals surface area contributed by atoms with Crippen molar-refractivity contribution in [1.29, 1.82) is 0 Å². The van der Waals surface area contributed by atoms with Crippen LogP contribution in [0.15, 0.2) is 65.9 Å². The van der Waals surface area contributed by atoms with E-state index in [4.69, 9.17) is 19.0 Å². The number of allylic oxidation sites excluding steroid dienone is 1. The molecule has 5 rings (SSSR count). The van der Waals surface area contributed by atoms with E-state index in [1.165, 1.54) is 0 Å².